The van der Waals surface area contributed by atoms with Gasteiger partial charge in [0.15, 0.2) is 5.78 Å². The Morgan fingerprint density at radius 2 is 1.50 bits per heavy atom. The van der Waals surface area contributed by atoms with E-state index < -0.39 is 0 Å². The van der Waals surface area contributed by atoms with Crippen LogP contribution in [0.15, 0.2) is 54.7 Å². The second-order valence-corrected chi connectivity index (χ2v) is 6.92. The number of rotatable bonds is 5. The highest BCUT2D eigenvalue weighted by atomic mass is 16.1. The molecule has 0 saturated heterocycles. The number of hydrogen-bond donors (Lipinski definition) is 2. The van der Waals surface area contributed by atoms with E-state index in [2.05, 4.69) is 34.7 Å². The number of carbonyl (C=O) groups is 2. The van der Waals surface area contributed by atoms with Crippen molar-refractivity contribution in [3.8, 4) is 0 Å². The number of ketones is 1. The van der Waals surface area contributed by atoms with Gasteiger partial charge in [0, 0.05) is 28.7 Å². The SMILES string of the molecule is CC(=O)c1ccc(NC(=O)c2ccnc(Nc3c(C)cc(C)cc3C)c2)cc1. The molecular formula is C23H23N3O2. The largest absolute Gasteiger partial charge is 0.340 e. The first kappa shape index (κ1) is 19.3. The Morgan fingerprint density at radius 1 is 0.857 bits per heavy atom. The molecule has 3 rings (SSSR count). The van der Waals surface area contributed by atoms with Gasteiger partial charge in [0.05, 0.1) is 0 Å². The molecule has 0 spiro atoms. The third-order valence-corrected chi connectivity index (χ3v) is 4.50. The highest BCUT2D eigenvalue weighted by molar-refractivity contribution is 6.05. The van der Waals surface area contributed by atoms with Crippen molar-refractivity contribution in [2.24, 2.45) is 0 Å². The number of anilines is 3. The molecule has 1 heterocycles. The van der Waals surface area contributed by atoms with E-state index in [1.165, 1.54) is 12.5 Å². The molecule has 2 aromatic carbocycles. The third kappa shape index (κ3) is 4.43. The summed E-state index contributed by atoms with van der Waals surface area (Å²) in [6.07, 6.45) is 1.61. The molecule has 142 valence electrons. The lowest BCUT2D eigenvalue weighted by atomic mass is 10.1. The zero-order chi connectivity index (χ0) is 20.3. The predicted octanol–water partition coefficient (Wildman–Crippen LogP) is 5.21. The van der Waals surface area contributed by atoms with E-state index in [9.17, 15) is 9.59 Å². The Labute approximate surface area is 164 Å². The molecule has 5 heteroatoms. The lowest BCUT2D eigenvalue weighted by molar-refractivity contribution is 0.101. The number of nitrogens with zero attached hydrogens (tertiary/aromatic N) is 1. The summed E-state index contributed by atoms with van der Waals surface area (Å²) in [4.78, 5) is 28.3. The standard InChI is InChI=1S/C23H23N3O2/c1-14-11-15(2)22(16(3)12-14)26-21-13-19(9-10-24-21)23(28)25-20-7-5-18(6-8-20)17(4)27/h5-13H,1-4H3,(H,24,26)(H,25,28). The van der Waals surface area contributed by atoms with Gasteiger partial charge in [-0.1, -0.05) is 17.7 Å². The highest BCUT2D eigenvalue weighted by Crippen LogP contribution is 2.25. The highest BCUT2D eigenvalue weighted by Gasteiger charge is 2.10. The van der Waals surface area contributed by atoms with Gasteiger partial charge in [0.1, 0.15) is 5.82 Å². The molecule has 0 aliphatic rings. The normalized spacial score (nSPS) is 10.4. The molecular weight excluding hydrogens is 350 g/mol. The number of carbonyl (C=O) groups excluding carboxylic acids is 2. The smallest absolute Gasteiger partial charge is 0.255 e. The number of Topliss-reactive ketones (excluding diaryl/α,β-unsaturated/α-hetero) is 1. The fraction of sp³-hybridized carbons (Fsp3) is 0.174. The minimum Gasteiger partial charge on any atom is -0.340 e. The van der Waals surface area contributed by atoms with Crippen LogP contribution in [-0.4, -0.2) is 16.7 Å². The van der Waals surface area contributed by atoms with Crippen LogP contribution in [0, 0.1) is 20.8 Å². The number of aryl methyl sites for hydroxylation is 3. The van der Waals surface area contributed by atoms with Gasteiger partial charge in [-0.05, 0) is 75.2 Å². The summed E-state index contributed by atoms with van der Waals surface area (Å²) in [5, 5.41) is 6.16. The molecule has 0 saturated carbocycles. The van der Waals surface area contributed by atoms with Crippen molar-refractivity contribution in [3.63, 3.8) is 0 Å². The minimum absolute atomic E-state index is 0.00980. The molecule has 5 nitrogen and oxygen atoms in total. The second-order valence-electron chi connectivity index (χ2n) is 6.92. The molecule has 1 amide bonds. The van der Waals surface area contributed by atoms with E-state index in [-0.39, 0.29) is 11.7 Å². The van der Waals surface area contributed by atoms with Crippen molar-refractivity contribution in [3.05, 3.63) is 82.5 Å². The molecule has 0 bridgehead atoms. The van der Waals surface area contributed by atoms with Gasteiger partial charge in [-0.3, -0.25) is 9.59 Å². The third-order valence-electron chi connectivity index (χ3n) is 4.50. The van der Waals surface area contributed by atoms with Crippen LogP contribution < -0.4 is 10.6 Å². The lowest BCUT2D eigenvalue weighted by Crippen LogP contribution is -2.12. The fourth-order valence-corrected chi connectivity index (χ4v) is 3.14. The molecule has 0 atom stereocenters. The van der Waals surface area contributed by atoms with Crippen LogP contribution in [0.2, 0.25) is 0 Å². The van der Waals surface area contributed by atoms with Crippen LogP contribution in [0.25, 0.3) is 0 Å². The summed E-state index contributed by atoms with van der Waals surface area (Å²) < 4.78 is 0. The average molecular weight is 373 g/mol. The summed E-state index contributed by atoms with van der Waals surface area (Å²) in [6.45, 7) is 7.67. The van der Waals surface area contributed by atoms with E-state index in [0.29, 0.717) is 22.6 Å². The Bertz CT molecular complexity index is 1020. The van der Waals surface area contributed by atoms with E-state index in [4.69, 9.17) is 0 Å². The fourth-order valence-electron chi connectivity index (χ4n) is 3.14. The van der Waals surface area contributed by atoms with E-state index >= 15 is 0 Å². The molecule has 1 aromatic heterocycles. The van der Waals surface area contributed by atoms with Crippen molar-refractivity contribution in [1.29, 1.82) is 0 Å². The van der Waals surface area contributed by atoms with E-state index in [0.717, 1.165) is 16.8 Å². The Kier molecular flexibility index (Phi) is 5.54. The summed E-state index contributed by atoms with van der Waals surface area (Å²) in [7, 11) is 0. The number of hydrogen-bond acceptors (Lipinski definition) is 4. The Hall–Kier alpha value is -3.47. The number of pyridine rings is 1. The quantitative estimate of drug-likeness (QED) is 0.603. The maximum Gasteiger partial charge on any atom is 0.255 e. The molecule has 28 heavy (non-hydrogen) atoms. The van der Waals surface area contributed by atoms with Crippen LogP contribution in [0.1, 0.15) is 44.3 Å². The van der Waals surface area contributed by atoms with Crippen molar-refractivity contribution in [2.45, 2.75) is 27.7 Å². The van der Waals surface area contributed by atoms with E-state index in [1.54, 1.807) is 42.6 Å². The van der Waals surface area contributed by atoms with Crippen molar-refractivity contribution in [1.82, 2.24) is 4.98 Å². The van der Waals surface area contributed by atoms with Crippen molar-refractivity contribution in [2.75, 3.05) is 10.6 Å². The maximum absolute atomic E-state index is 12.6. The van der Waals surface area contributed by atoms with Crippen molar-refractivity contribution >= 4 is 28.9 Å². The van der Waals surface area contributed by atoms with Crippen LogP contribution in [-0.2, 0) is 0 Å². The van der Waals surface area contributed by atoms with Crippen molar-refractivity contribution < 1.29 is 9.59 Å². The van der Waals surface area contributed by atoms with Crippen LogP contribution in [0.5, 0.6) is 0 Å². The number of amides is 1. The number of aromatic nitrogens is 1. The number of benzene rings is 2. The topological polar surface area (TPSA) is 71.1 Å². The van der Waals surface area contributed by atoms with Gasteiger partial charge in [0.2, 0.25) is 0 Å². The number of nitrogens with one attached hydrogen (secondary N) is 2. The first-order chi connectivity index (χ1) is 13.3. The molecule has 0 fully saturated rings. The van der Waals surface area contributed by atoms with Gasteiger partial charge in [-0.25, -0.2) is 4.98 Å². The predicted molar refractivity (Wildman–Crippen MR) is 113 cm³/mol. The average Bonchev–Trinajstić information content (AvgIpc) is 2.65. The Balaban J connectivity index is 1.77. The van der Waals surface area contributed by atoms with Gasteiger partial charge >= 0.3 is 0 Å². The summed E-state index contributed by atoms with van der Waals surface area (Å²) in [6, 6.07) is 14.4. The Morgan fingerprint density at radius 3 is 2.11 bits per heavy atom. The molecule has 0 unspecified atom stereocenters. The van der Waals surface area contributed by atoms with Gasteiger partial charge in [-0.15, -0.1) is 0 Å². The summed E-state index contributed by atoms with van der Waals surface area (Å²) >= 11 is 0. The molecule has 2 N–H and O–H groups in total. The minimum atomic E-state index is -0.238. The van der Waals surface area contributed by atoms with Gasteiger partial charge < -0.3 is 10.6 Å². The molecule has 3 aromatic rings. The van der Waals surface area contributed by atoms with Crippen LogP contribution >= 0.6 is 0 Å². The zero-order valence-electron chi connectivity index (χ0n) is 16.5. The monoisotopic (exact) mass is 373 g/mol. The molecule has 0 aliphatic heterocycles. The van der Waals surface area contributed by atoms with E-state index in [1.807, 2.05) is 13.8 Å². The van der Waals surface area contributed by atoms with Gasteiger partial charge in [-0.2, -0.15) is 0 Å². The van der Waals surface area contributed by atoms with Crippen LogP contribution in [0.3, 0.4) is 0 Å². The summed E-state index contributed by atoms with van der Waals surface area (Å²) in [5.74, 6) is 0.359. The molecule has 0 radical (unpaired) electrons. The second kappa shape index (κ2) is 8.05. The first-order valence-corrected chi connectivity index (χ1v) is 9.07. The first-order valence-electron chi connectivity index (χ1n) is 9.07. The lowest BCUT2D eigenvalue weighted by Gasteiger charge is -2.14. The maximum atomic E-state index is 12.6. The molecule has 0 aliphatic carbocycles. The van der Waals surface area contributed by atoms with Crippen LogP contribution in [0.4, 0.5) is 17.2 Å². The zero-order valence-corrected chi connectivity index (χ0v) is 16.5. The summed E-state index contributed by atoms with van der Waals surface area (Å²) in [5.41, 5.74) is 6.19. The van der Waals surface area contributed by atoms with Gasteiger partial charge in [0.25, 0.3) is 5.91 Å².